The van der Waals surface area contributed by atoms with Crippen LogP contribution in [0.2, 0.25) is 0 Å². The Morgan fingerprint density at radius 1 is 0.569 bits per heavy atom. The Morgan fingerprint density at radius 2 is 0.954 bits per heavy atom. The van der Waals surface area contributed by atoms with Crippen LogP contribution < -0.4 is 15.4 Å². The highest BCUT2D eigenvalue weighted by atomic mass is 16.5. The van der Waals surface area contributed by atoms with Crippen LogP contribution in [0.15, 0.2) is 122 Å². The summed E-state index contributed by atoms with van der Waals surface area (Å²) in [6.45, 7) is 0.726. The quantitative estimate of drug-likeness (QED) is 0.0824. The van der Waals surface area contributed by atoms with E-state index in [1.54, 1.807) is 73.1 Å². The molecule has 332 valence electrons. The van der Waals surface area contributed by atoms with Gasteiger partial charge in [-0.15, -0.1) is 0 Å². The van der Waals surface area contributed by atoms with Crippen LogP contribution in [0, 0.1) is 0 Å². The molecule has 2 aliphatic heterocycles. The lowest BCUT2D eigenvalue weighted by Crippen LogP contribution is -2.44. The van der Waals surface area contributed by atoms with Gasteiger partial charge < -0.3 is 44.6 Å². The number of aromatic nitrogens is 4. The van der Waals surface area contributed by atoms with Crippen LogP contribution in [0.3, 0.4) is 0 Å². The second kappa shape index (κ2) is 19.5. The van der Waals surface area contributed by atoms with E-state index in [2.05, 4.69) is 30.6 Å². The molecule has 4 aromatic carbocycles. The molecule has 8 rings (SSSR count). The first-order valence-electron chi connectivity index (χ1n) is 21.1. The zero-order chi connectivity index (χ0) is 45.5. The van der Waals surface area contributed by atoms with Crippen molar-refractivity contribution in [1.82, 2.24) is 40.4 Å². The minimum absolute atomic E-state index is 0.363. The van der Waals surface area contributed by atoms with Gasteiger partial charge in [0.25, 0.3) is 11.8 Å². The van der Waals surface area contributed by atoms with Crippen LogP contribution in [0.4, 0.5) is 9.59 Å². The summed E-state index contributed by atoms with van der Waals surface area (Å²) in [6.07, 6.45) is 4.30. The molecule has 0 unspecified atom stereocenters. The van der Waals surface area contributed by atoms with E-state index >= 15 is 0 Å². The molecule has 2 aromatic heterocycles. The monoisotopic (exact) mass is 878 g/mol. The van der Waals surface area contributed by atoms with Gasteiger partial charge in [0.1, 0.15) is 35.2 Å². The Hall–Kier alpha value is -8.08. The molecule has 4 amide bonds. The number of Topliss-reactive ketones (excluding diaryl/α,β-unsaturated/α-hetero) is 2. The number of ether oxygens (including phenoxy) is 3. The van der Waals surface area contributed by atoms with Gasteiger partial charge in [0.05, 0.1) is 50.1 Å². The van der Waals surface area contributed by atoms with E-state index in [-0.39, 0.29) is 0 Å². The van der Waals surface area contributed by atoms with E-state index in [1.807, 2.05) is 48.5 Å². The molecule has 0 saturated carbocycles. The normalized spacial score (nSPS) is 16.6. The smallest absolute Gasteiger partial charge is 0.407 e. The lowest BCUT2D eigenvalue weighted by Gasteiger charge is -2.25. The van der Waals surface area contributed by atoms with Gasteiger partial charge in [-0.25, -0.2) is 19.6 Å². The van der Waals surface area contributed by atoms with Crippen LogP contribution in [-0.2, 0) is 28.7 Å². The van der Waals surface area contributed by atoms with Gasteiger partial charge in [-0.3, -0.25) is 19.2 Å². The third-order valence-electron chi connectivity index (χ3n) is 11.5. The summed E-state index contributed by atoms with van der Waals surface area (Å²) in [5, 5.41) is 5.00. The lowest BCUT2D eigenvalue weighted by atomic mass is 10.0. The second-order valence-corrected chi connectivity index (χ2v) is 15.5. The number of alkyl carbamates (subject to hydrolysis) is 2. The van der Waals surface area contributed by atoms with E-state index in [0.717, 1.165) is 22.5 Å². The van der Waals surface area contributed by atoms with Crippen LogP contribution in [0.25, 0.3) is 22.5 Å². The predicted molar refractivity (Wildman–Crippen MR) is 235 cm³/mol. The maximum atomic E-state index is 13.6. The van der Waals surface area contributed by atoms with E-state index in [9.17, 15) is 28.8 Å². The first kappa shape index (κ1) is 43.6. The number of hydrogen-bond acceptors (Lipinski definition) is 11. The number of carbonyl (C=O) groups excluding carboxylic acids is 6. The second-order valence-electron chi connectivity index (χ2n) is 15.5. The van der Waals surface area contributed by atoms with Crippen LogP contribution in [0.1, 0.15) is 72.6 Å². The first-order valence-corrected chi connectivity index (χ1v) is 21.1. The molecule has 0 bridgehead atoms. The summed E-state index contributed by atoms with van der Waals surface area (Å²) in [7, 11) is 2.39. The molecule has 4 atom stereocenters. The number of nitrogens with zero attached hydrogens (tertiary/aromatic N) is 4. The number of ketones is 2. The number of aromatic amines is 2. The molecule has 0 spiro atoms. The number of H-pyrrole nitrogens is 2. The third kappa shape index (κ3) is 9.63. The van der Waals surface area contributed by atoms with Crippen LogP contribution >= 0.6 is 0 Å². The van der Waals surface area contributed by atoms with Crippen molar-refractivity contribution in [2.75, 3.05) is 27.3 Å². The average Bonchev–Trinajstić information content (AvgIpc) is 4.20. The van der Waals surface area contributed by atoms with Gasteiger partial charge in [-0.1, -0.05) is 60.7 Å². The number of hydrogen-bond donors (Lipinski definition) is 4. The largest absolute Gasteiger partial charge is 0.457 e. The Balaban J connectivity index is 0.885. The number of carbonyl (C=O) groups is 6. The SMILES string of the molecule is COC(=O)N[C@H](C(=O)C(=O)N1CCC[C@H]1c1ncc(-c2ccc(Oc3ccc(-c4cnc([C@@H]5CCCN5C(=O)C(=O)[C@H](NC(=O)OC)c5ccccc5)[nH]4)cc3)cc2)[nH]1)c1ccccc1. The van der Waals surface area contributed by atoms with E-state index in [1.165, 1.54) is 24.0 Å². The van der Waals surface area contributed by atoms with Gasteiger partial charge >= 0.3 is 12.2 Å². The molecule has 6 aromatic rings. The number of nitrogens with one attached hydrogen (secondary N) is 4. The Morgan fingerprint density at radius 3 is 1.32 bits per heavy atom. The lowest BCUT2D eigenvalue weighted by molar-refractivity contribution is -0.146. The number of imidazole rings is 2. The highest BCUT2D eigenvalue weighted by Gasteiger charge is 2.40. The van der Waals surface area contributed by atoms with Crippen molar-refractivity contribution >= 4 is 35.6 Å². The summed E-state index contributed by atoms with van der Waals surface area (Å²) < 4.78 is 15.6. The molecule has 2 saturated heterocycles. The number of likely N-dealkylation sites (tertiary alicyclic amines) is 2. The Kier molecular flexibility index (Phi) is 13.1. The summed E-state index contributed by atoms with van der Waals surface area (Å²) in [5.41, 5.74) is 4.04. The topological polar surface area (TPSA) is 218 Å². The number of amides is 4. The number of methoxy groups -OCH3 is 2. The summed E-state index contributed by atoms with van der Waals surface area (Å²) in [6, 6.07) is 28.7. The van der Waals surface area contributed by atoms with E-state index < -0.39 is 59.7 Å². The molecule has 2 aliphatic rings. The fourth-order valence-electron chi connectivity index (χ4n) is 8.21. The highest BCUT2D eigenvalue weighted by molar-refractivity contribution is 6.39. The van der Waals surface area contributed by atoms with Crippen molar-refractivity contribution in [3.05, 3.63) is 144 Å². The van der Waals surface area contributed by atoms with E-state index in [4.69, 9.17) is 14.2 Å². The minimum Gasteiger partial charge on any atom is -0.457 e. The van der Waals surface area contributed by atoms with Gasteiger partial charge in [-0.2, -0.15) is 0 Å². The first-order chi connectivity index (χ1) is 31.6. The van der Waals surface area contributed by atoms with Gasteiger partial charge in [0.2, 0.25) is 11.6 Å². The third-order valence-corrected chi connectivity index (χ3v) is 11.5. The molecule has 17 nitrogen and oxygen atoms in total. The number of rotatable bonds is 14. The fourth-order valence-corrected chi connectivity index (χ4v) is 8.21. The maximum absolute atomic E-state index is 13.6. The molecule has 17 heteroatoms. The molecule has 4 heterocycles. The van der Waals surface area contributed by atoms with Gasteiger partial charge in [-0.05, 0) is 96.5 Å². The summed E-state index contributed by atoms with van der Waals surface area (Å²) in [5.74, 6) is -0.693. The van der Waals surface area contributed by atoms with Crippen molar-refractivity contribution in [1.29, 1.82) is 0 Å². The van der Waals surface area contributed by atoms with Crippen molar-refractivity contribution in [3.63, 3.8) is 0 Å². The molecule has 0 radical (unpaired) electrons. The molecule has 0 aliphatic carbocycles. The maximum Gasteiger partial charge on any atom is 0.407 e. The molecular weight excluding hydrogens is 833 g/mol. The van der Waals surface area contributed by atoms with Crippen molar-refractivity contribution in [2.45, 2.75) is 49.9 Å². The average molecular weight is 879 g/mol. The standard InChI is InChI=1S/C48H46N8O9/c1-63-47(61)53-39(31-11-5-3-6-12-31)41(57)45(59)55-25-9-15-37(55)43-49-27-35(51-43)29-17-21-33(22-18-29)65-34-23-19-30(20-24-34)36-28-50-44(52-36)38-16-10-26-56(38)46(60)42(58)40(54-48(62)64-2)32-13-7-4-8-14-32/h3-8,11-14,17-24,27-28,37-40H,9-10,15-16,25-26H2,1-2H3,(H,49,51)(H,50,52)(H,53,61)(H,54,62)/t37-,38-,39-,40+/m0/s1. The van der Waals surface area contributed by atoms with Crippen molar-refractivity contribution < 1.29 is 43.0 Å². The zero-order valence-electron chi connectivity index (χ0n) is 35.6. The fraction of sp³-hybridized carbons (Fsp3) is 0.250. The minimum atomic E-state index is -1.21. The molecule has 2 fully saturated rings. The van der Waals surface area contributed by atoms with Gasteiger partial charge in [0, 0.05) is 13.1 Å². The molecule has 65 heavy (non-hydrogen) atoms. The Bertz CT molecular complexity index is 2480. The van der Waals surface area contributed by atoms with E-state index in [0.29, 0.717) is 73.0 Å². The number of benzene rings is 4. The Labute approximate surface area is 373 Å². The van der Waals surface area contributed by atoms with Crippen LogP contribution in [-0.4, -0.2) is 92.6 Å². The summed E-state index contributed by atoms with van der Waals surface area (Å²) >= 11 is 0. The van der Waals surface area contributed by atoms with Crippen molar-refractivity contribution in [2.24, 2.45) is 0 Å². The summed E-state index contributed by atoms with van der Waals surface area (Å²) in [4.78, 5) is 97.5. The predicted octanol–water partition coefficient (Wildman–Crippen LogP) is 6.92. The van der Waals surface area contributed by atoms with Crippen molar-refractivity contribution in [3.8, 4) is 34.0 Å². The van der Waals surface area contributed by atoms with Crippen LogP contribution in [0.5, 0.6) is 11.5 Å². The zero-order valence-corrected chi connectivity index (χ0v) is 35.6. The molecular formula is C48H46N8O9. The molecule has 4 N–H and O–H groups in total. The highest BCUT2D eigenvalue weighted by Crippen LogP contribution is 2.35. The van der Waals surface area contributed by atoms with Gasteiger partial charge in [0.15, 0.2) is 0 Å².